The van der Waals surface area contributed by atoms with Crippen molar-refractivity contribution in [3.8, 4) is 0 Å². The van der Waals surface area contributed by atoms with Gasteiger partial charge in [-0.15, -0.1) is 0 Å². The molecular weight excluding hydrogens is 222 g/mol. The fraction of sp³-hybridized carbons (Fsp3) is 0.0833. The molecule has 0 atom stereocenters. The number of benzene rings is 1. The summed E-state index contributed by atoms with van der Waals surface area (Å²) in [5.74, 6) is -2.82. The number of aliphatic imine (C=N–C) groups is 1. The van der Waals surface area contributed by atoms with Crippen LogP contribution in [0.4, 0.5) is 0 Å². The van der Waals surface area contributed by atoms with E-state index in [1.54, 1.807) is 30.3 Å². The van der Waals surface area contributed by atoms with Crippen LogP contribution in [0.1, 0.15) is 12.0 Å². The molecule has 0 fully saturated rings. The van der Waals surface area contributed by atoms with E-state index in [4.69, 9.17) is 5.11 Å². The van der Waals surface area contributed by atoms with Crippen LogP contribution in [-0.2, 0) is 9.59 Å². The summed E-state index contributed by atoms with van der Waals surface area (Å²) in [5.41, 5.74) is 0.429. The molecule has 0 aliphatic carbocycles. The molecule has 5 nitrogen and oxygen atoms in total. The number of carboxylic acid groups (broad SMARTS) is 1. The van der Waals surface area contributed by atoms with Gasteiger partial charge in [-0.05, 0) is 5.56 Å². The van der Waals surface area contributed by atoms with Crippen molar-refractivity contribution in [1.82, 2.24) is 0 Å². The molecule has 1 aliphatic rings. The van der Waals surface area contributed by atoms with Crippen molar-refractivity contribution < 1.29 is 19.8 Å². The molecule has 1 heterocycles. The SMILES string of the molecule is O=C(O)C1=C(O)C(=O)CC(c2ccccc2)=N1. The van der Waals surface area contributed by atoms with Crippen LogP contribution in [0.15, 0.2) is 46.8 Å². The molecule has 0 saturated carbocycles. The van der Waals surface area contributed by atoms with Crippen LogP contribution in [0.25, 0.3) is 0 Å². The van der Waals surface area contributed by atoms with Crippen molar-refractivity contribution in [2.75, 3.05) is 0 Å². The quantitative estimate of drug-likeness (QED) is 0.803. The van der Waals surface area contributed by atoms with E-state index in [0.717, 1.165) is 0 Å². The molecule has 86 valence electrons. The maximum Gasteiger partial charge on any atom is 0.358 e. The fourth-order valence-electron chi connectivity index (χ4n) is 1.54. The lowest BCUT2D eigenvalue weighted by molar-refractivity contribution is -0.133. The molecule has 0 unspecified atom stereocenters. The highest BCUT2D eigenvalue weighted by Crippen LogP contribution is 2.18. The number of carboxylic acids is 1. The molecule has 0 radical (unpaired) electrons. The Kier molecular flexibility index (Phi) is 2.74. The topological polar surface area (TPSA) is 87.0 Å². The summed E-state index contributed by atoms with van der Waals surface area (Å²) in [7, 11) is 0. The first-order chi connectivity index (χ1) is 8.09. The minimum absolute atomic E-state index is 0.0906. The summed E-state index contributed by atoms with van der Waals surface area (Å²) >= 11 is 0. The van der Waals surface area contributed by atoms with Crippen molar-refractivity contribution in [3.05, 3.63) is 47.4 Å². The lowest BCUT2D eigenvalue weighted by Crippen LogP contribution is -2.21. The Hall–Kier alpha value is -2.43. The summed E-state index contributed by atoms with van der Waals surface area (Å²) in [6.45, 7) is 0. The predicted octanol–water partition coefficient (Wildman–Crippen LogP) is 1.30. The van der Waals surface area contributed by atoms with Gasteiger partial charge in [-0.2, -0.15) is 0 Å². The molecule has 2 rings (SSSR count). The van der Waals surface area contributed by atoms with E-state index in [-0.39, 0.29) is 6.42 Å². The highest BCUT2D eigenvalue weighted by Gasteiger charge is 2.27. The van der Waals surface area contributed by atoms with Crippen LogP contribution < -0.4 is 0 Å². The van der Waals surface area contributed by atoms with E-state index < -0.39 is 23.2 Å². The minimum atomic E-state index is -1.41. The third-order valence-corrected chi connectivity index (χ3v) is 2.37. The molecule has 0 aromatic heterocycles. The number of carbonyl (C=O) groups excluding carboxylic acids is 1. The van der Waals surface area contributed by atoms with E-state index in [9.17, 15) is 14.7 Å². The van der Waals surface area contributed by atoms with Gasteiger partial charge in [0.2, 0.25) is 5.78 Å². The van der Waals surface area contributed by atoms with Crippen LogP contribution in [0.5, 0.6) is 0 Å². The van der Waals surface area contributed by atoms with Gasteiger partial charge in [0.05, 0.1) is 12.1 Å². The van der Waals surface area contributed by atoms with Crippen LogP contribution in [0.3, 0.4) is 0 Å². The molecule has 1 aromatic rings. The van der Waals surface area contributed by atoms with E-state index in [0.29, 0.717) is 11.3 Å². The van der Waals surface area contributed by atoms with Gasteiger partial charge in [-0.3, -0.25) is 4.79 Å². The maximum atomic E-state index is 11.4. The zero-order valence-corrected chi connectivity index (χ0v) is 8.75. The average Bonchev–Trinajstić information content (AvgIpc) is 2.33. The number of carbonyl (C=O) groups is 2. The van der Waals surface area contributed by atoms with E-state index in [1.165, 1.54) is 0 Å². The highest BCUT2D eigenvalue weighted by atomic mass is 16.4. The molecule has 0 bridgehead atoms. The maximum absolute atomic E-state index is 11.4. The number of ketones is 1. The first-order valence-corrected chi connectivity index (χ1v) is 4.92. The second-order valence-corrected chi connectivity index (χ2v) is 3.53. The van der Waals surface area contributed by atoms with Gasteiger partial charge in [0.25, 0.3) is 0 Å². The molecule has 2 N–H and O–H groups in total. The third kappa shape index (κ3) is 2.08. The molecular formula is C12H9NO4. The van der Waals surface area contributed by atoms with Gasteiger partial charge in [0.15, 0.2) is 11.5 Å². The largest absolute Gasteiger partial charge is 0.503 e. The van der Waals surface area contributed by atoms with Crippen molar-refractivity contribution in [3.63, 3.8) is 0 Å². The Morgan fingerprint density at radius 3 is 2.47 bits per heavy atom. The number of aliphatic hydroxyl groups excluding tert-OH is 1. The zero-order valence-electron chi connectivity index (χ0n) is 8.75. The van der Waals surface area contributed by atoms with Crippen LogP contribution in [0, 0.1) is 0 Å². The number of aliphatic carboxylic acids is 1. The smallest absolute Gasteiger partial charge is 0.358 e. The standard InChI is InChI=1S/C12H9NO4/c14-9-6-8(7-4-2-1-3-5-7)13-10(11(9)15)12(16)17/h1-5,15H,6H2,(H,16,17). The average molecular weight is 231 g/mol. The van der Waals surface area contributed by atoms with Gasteiger partial charge in [0.1, 0.15) is 0 Å². The van der Waals surface area contributed by atoms with E-state index >= 15 is 0 Å². The first-order valence-electron chi connectivity index (χ1n) is 4.92. The molecule has 1 aromatic carbocycles. The Labute approximate surface area is 96.7 Å². The summed E-state index contributed by atoms with van der Waals surface area (Å²) in [5, 5.41) is 18.1. The Bertz CT molecular complexity index is 543. The van der Waals surface area contributed by atoms with Crippen molar-refractivity contribution in [1.29, 1.82) is 0 Å². The van der Waals surface area contributed by atoms with Crippen LogP contribution in [0.2, 0.25) is 0 Å². The number of hydrogen-bond acceptors (Lipinski definition) is 4. The summed E-state index contributed by atoms with van der Waals surface area (Å²) in [4.78, 5) is 26.1. The molecule has 0 saturated heterocycles. The van der Waals surface area contributed by atoms with Gasteiger partial charge >= 0.3 is 5.97 Å². The normalized spacial score (nSPS) is 15.8. The van der Waals surface area contributed by atoms with Crippen molar-refractivity contribution >= 4 is 17.5 Å². The minimum Gasteiger partial charge on any atom is -0.503 e. The van der Waals surface area contributed by atoms with Crippen molar-refractivity contribution in [2.45, 2.75) is 6.42 Å². The third-order valence-electron chi connectivity index (χ3n) is 2.37. The highest BCUT2D eigenvalue weighted by molar-refractivity contribution is 6.20. The first kappa shape index (κ1) is 11.1. The Morgan fingerprint density at radius 2 is 1.88 bits per heavy atom. The van der Waals surface area contributed by atoms with Gasteiger partial charge in [0, 0.05) is 0 Å². The Morgan fingerprint density at radius 1 is 1.24 bits per heavy atom. The number of Topliss-reactive ketones (excluding diaryl/α,β-unsaturated/α-hetero) is 1. The number of hydrogen-bond donors (Lipinski definition) is 2. The summed E-state index contributed by atoms with van der Waals surface area (Å²) in [6.07, 6.45) is -0.0906. The number of allylic oxidation sites excluding steroid dienone is 1. The lowest BCUT2D eigenvalue weighted by Gasteiger charge is -2.12. The summed E-state index contributed by atoms with van der Waals surface area (Å²) in [6, 6.07) is 8.80. The second-order valence-electron chi connectivity index (χ2n) is 3.53. The molecule has 17 heavy (non-hydrogen) atoms. The second kappa shape index (κ2) is 4.21. The molecule has 1 aliphatic heterocycles. The van der Waals surface area contributed by atoms with Crippen LogP contribution in [-0.4, -0.2) is 27.7 Å². The van der Waals surface area contributed by atoms with Gasteiger partial charge < -0.3 is 10.2 Å². The predicted molar refractivity (Wildman–Crippen MR) is 59.9 cm³/mol. The number of aliphatic hydroxyl groups is 1. The molecule has 0 amide bonds. The van der Waals surface area contributed by atoms with Crippen molar-refractivity contribution in [2.24, 2.45) is 4.99 Å². The van der Waals surface area contributed by atoms with E-state index in [1.807, 2.05) is 0 Å². The zero-order chi connectivity index (χ0) is 12.4. The van der Waals surface area contributed by atoms with E-state index in [2.05, 4.69) is 4.99 Å². The summed E-state index contributed by atoms with van der Waals surface area (Å²) < 4.78 is 0. The number of rotatable bonds is 2. The molecule has 0 spiro atoms. The van der Waals surface area contributed by atoms with Gasteiger partial charge in [-0.1, -0.05) is 30.3 Å². The van der Waals surface area contributed by atoms with Gasteiger partial charge in [-0.25, -0.2) is 9.79 Å². The monoisotopic (exact) mass is 231 g/mol. The fourth-order valence-corrected chi connectivity index (χ4v) is 1.54. The number of nitrogens with zero attached hydrogens (tertiary/aromatic N) is 1. The molecule has 5 heteroatoms. The van der Waals surface area contributed by atoms with Crippen LogP contribution >= 0.6 is 0 Å². The Balaban J connectivity index is 2.49. The lowest BCUT2D eigenvalue weighted by atomic mass is 10.0.